The first-order valence-electron chi connectivity index (χ1n) is 7.21. The molecule has 0 unspecified atom stereocenters. The Morgan fingerprint density at radius 1 is 1.28 bits per heavy atom. The van der Waals surface area contributed by atoms with Crippen molar-refractivity contribution in [1.29, 1.82) is 0 Å². The average Bonchev–Trinajstić information content (AvgIpc) is 3.07. The van der Waals surface area contributed by atoms with Gasteiger partial charge in [0.25, 0.3) is 11.6 Å². The number of benzene rings is 2. The van der Waals surface area contributed by atoms with Crippen LogP contribution in [0.15, 0.2) is 47.6 Å². The lowest BCUT2D eigenvalue weighted by atomic mass is 10.2. The van der Waals surface area contributed by atoms with Gasteiger partial charge in [-0.3, -0.25) is 14.9 Å². The number of nitro groups is 1. The second-order valence-electron chi connectivity index (χ2n) is 4.98. The van der Waals surface area contributed by atoms with Gasteiger partial charge in [0.2, 0.25) is 6.79 Å². The number of carbonyl (C=O) groups excluding carboxylic acids is 1. The van der Waals surface area contributed by atoms with Crippen LogP contribution in [0.1, 0.15) is 5.56 Å². The van der Waals surface area contributed by atoms with E-state index in [4.69, 9.17) is 14.3 Å². The summed E-state index contributed by atoms with van der Waals surface area (Å²) in [6.45, 7) is -0.151. The van der Waals surface area contributed by atoms with E-state index in [-0.39, 0.29) is 19.1 Å². The van der Waals surface area contributed by atoms with Crippen LogP contribution in [0, 0.1) is 10.1 Å². The van der Waals surface area contributed by atoms with E-state index in [1.165, 1.54) is 24.4 Å². The molecular weight excluding hydrogens is 330 g/mol. The minimum atomic E-state index is -0.503. The third-order valence-electron chi connectivity index (χ3n) is 3.21. The van der Waals surface area contributed by atoms with Gasteiger partial charge in [0.15, 0.2) is 18.1 Å². The molecule has 0 fully saturated rings. The Morgan fingerprint density at radius 3 is 2.96 bits per heavy atom. The summed E-state index contributed by atoms with van der Waals surface area (Å²) in [5, 5.41) is 16.9. The first-order chi connectivity index (χ1) is 12.1. The van der Waals surface area contributed by atoms with Crippen LogP contribution in [-0.4, -0.2) is 30.4 Å². The number of fused-ring (bicyclic) bond motifs is 1. The molecule has 1 aliphatic rings. The predicted octanol–water partition coefficient (Wildman–Crippen LogP) is 2.31. The van der Waals surface area contributed by atoms with Gasteiger partial charge in [-0.15, -0.1) is 0 Å². The number of nitrogens with one attached hydrogen (secondary N) is 1. The Hall–Kier alpha value is -3.62. The largest absolute Gasteiger partial charge is 0.454 e. The highest BCUT2D eigenvalue weighted by molar-refractivity contribution is 5.92. The molecule has 25 heavy (non-hydrogen) atoms. The molecule has 0 saturated carbocycles. The topological polar surface area (TPSA) is 112 Å². The van der Waals surface area contributed by atoms with Gasteiger partial charge >= 0.3 is 0 Å². The Balaban J connectivity index is 1.49. The molecule has 9 nitrogen and oxygen atoms in total. The fourth-order valence-corrected chi connectivity index (χ4v) is 2.08. The van der Waals surface area contributed by atoms with Crippen LogP contribution in [0.4, 0.5) is 11.4 Å². The zero-order valence-electron chi connectivity index (χ0n) is 12.9. The van der Waals surface area contributed by atoms with Crippen LogP contribution in [0.3, 0.4) is 0 Å². The molecule has 0 spiro atoms. The van der Waals surface area contributed by atoms with Gasteiger partial charge in [-0.1, -0.05) is 17.3 Å². The molecule has 0 saturated heterocycles. The molecule has 128 valence electrons. The minimum absolute atomic E-state index is 0.0514. The van der Waals surface area contributed by atoms with E-state index in [9.17, 15) is 14.9 Å². The van der Waals surface area contributed by atoms with E-state index in [2.05, 4.69) is 10.5 Å². The van der Waals surface area contributed by atoms with Crippen LogP contribution in [0.2, 0.25) is 0 Å². The van der Waals surface area contributed by atoms with Crippen molar-refractivity contribution in [3.8, 4) is 11.5 Å². The number of carbonyl (C=O) groups is 1. The molecule has 0 aromatic heterocycles. The molecule has 0 atom stereocenters. The molecular formula is C16H13N3O6. The van der Waals surface area contributed by atoms with Crippen molar-refractivity contribution in [2.75, 3.05) is 18.7 Å². The lowest BCUT2D eigenvalue weighted by Gasteiger charge is -2.05. The van der Waals surface area contributed by atoms with E-state index in [1.54, 1.807) is 24.3 Å². The molecule has 2 aromatic rings. The Bertz CT molecular complexity index is 836. The number of hydrogen-bond acceptors (Lipinski definition) is 7. The molecule has 0 bridgehead atoms. The maximum Gasteiger partial charge on any atom is 0.270 e. The number of nitrogens with zero attached hydrogens (tertiary/aromatic N) is 2. The SMILES string of the molecule is O=C(CO/N=C\c1cccc([N+](=O)[O-])c1)Nc1ccc2c(c1)OCO2. The summed E-state index contributed by atoms with van der Waals surface area (Å²) in [6, 6.07) is 10.9. The van der Waals surface area contributed by atoms with Crippen molar-refractivity contribution in [3.63, 3.8) is 0 Å². The van der Waals surface area contributed by atoms with Gasteiger partial charge in [0.1, 0.15) is 0 Å². The smallest absolute Gasteiger partial charge is 0.270 e. The fraction of sp³-hybridized carbons (Fsp3) is 0.125. The second kappa shape index (κ2) is 7.30. The molecule has 1 aliphatic heterocycles. The van der Waals surface area contributed by atoms with Gasteiger partial charge in [-0.25, -0.2) is 0 Å². The van der Waals surface area contributed by atoms with Crippen LogP contribution < -0.4 is 14.8 Å². The lowest BCUT2D eigenvalue weighted by Crippen LogP contribution is -2.16. The molecule has 3 rings (SSSR count). The molecule has 1 amide bonds. The molecule has 0 radical (unpaired) electrons. The number of nitro benzene ring substituents is 1. The Morgan fingerprint density at radius 2 is 2.12 bits per heavy atom. The monoisotopic (exact) mass is 343 g/mol. The number of ether oxygens (including phenoxy) is 2. The van der Waals surface area contributed by atoms with E-state index in [1.807, 2.05) is 0 Å². The fourth-order valence-electron chi connectivity index (χ4n) is 2.08. The number of anilines is 1. The maximum atomic E-state index is 11.8. The van der Waals surface area contributed by atoms with Crippen molar-refractivity contribution in [3.05, 3.63) is 58.1 Å². The highest BCUT2D eigenvalue weighted by atomic mass is 16.7. The molecule has 1 heterocycles. The van der Waals surface area contributed by atoms with E-state index >= 15 is 0 Å². The summed E-state index contributed by atoms with van der Waals surface area (Å²) in [5.74, 6) is 0.772. The average molecular weight is 343 g/mol. The van der Waals surface area contributed by atoms with Crippen LogP contribution in [-0.2, 0) is 9.63 Å². The number of hydrogen-bond donors (Lipinski definition) is 1. The van der Waals surface area contributed by atoms with Gasteiger partial charge in [0, 0.05) is 29.4 Å². The van der Waals surface area contributed by atoms with Gasteiger partial charge in [-0.2, -0.15) is 0 Å². The van der Waals surface area contributed by atoms with Crippen molar-refractivity contribution < 1.29 is 24.0 Å². The summed E-state index contributed by atoms with van der Waals surface area (Å²) in [6.07, 6.45) is 1.29. The standard InChI is InChI=1S/C16H13N3O6/c20-16(18-12-4-5-14-15(7-12)24-10-23-14)9-25-17-8-11-2-1-3-13(6-11)19(21)22/h1-8H,9-10H2,(H,18,20)/b17-8-. The number of oxime groups is 1. The molecule has 1 N–H and O–H groups in total. The summed E-state index contributed by atoms with van der Waals surface area (Å²) in [4.78, 5) is 26.9. The predicted molar refractivity (Wildman–Crippen MR) is 87.8 cm³/mol. The first-order valence-corrected chi connectivity index (χ1v) is 7.21. The summed E-state index contributed by atoms with van der Waals surface area (Å²) in [7, 11) is 0. The highest BCUT2D eigenvalue weighted by Crippen LogP contribution is 2.34. The summed E-state index contributed by atoms with van der Waals surface area (Å²) < 4.78 is 10.4. The summed E-state index contributed by atoms with van der Waals surface area (Å²) >= 11 is 0. The van der Waals surface area contributed by atoms with Crippen molar-refractivity contribution >= 4 is 23.5 Å². The first kappa shape index (κ1) is 16.2. The number of rotatable bonds is 6. The maximum absolute atomic E-state index is 11.8. The second-order valence-corrected chi connectivity index (χ2v) is 4.98. The number of amides is 1. The normalized spacial score (nSPS) is 12.2. The number of non-ortho nitro benzene ring substituents is 1. The molecule has 2 aromatic carbocycles. The lowest BCUT2D eigenvalue weighted by molar-refractivity contribution is -0.384. The molecule has 9 heteroatoms. The van der Waals surface area contributed by atoms with E-state index in [0.717, 1.165) is 0 Å². The van der Waals surface area contributed by atoms with Crippen molar-refractivity contribution in [2.45, 2.75) is 0 Å². The van der Waals surface area contributed by atoms with Crippen molar-refractivity contribution in [2.24, 2.45) is 5.16 Å². The van der Waals surface area contributed by atoms with Crippen LogP contribution in [0.25, 0.3) is 0 Å². The zero-order valence-corrected chi connectivity index (χ0v) is 12.9. The highest BCUT2D eigenvalue weighted by Gasteiger charge is 2.14. The Kier molecular flexibility index (Phi) is 4.74. The Labute approximate surface area is 141 Å². The van der Waals surface area contributed by atoms with Crippen molar-refractivity contribution in [1.82, 2.24) is 0 Å². The zero-order chi connectivity index (χ0) is 17.6. The third-order valence-corrected chi connectivity index (χ3v) is 3.21. The quantitative estimate of drug-likeness (QED) is 0.489. The minimum Gasteiger partial charge on any atom is -0.454 e. The van der Waals surface area contributed by atoms with E-state index in [0.29, 0.717) is 22.7 Å². The van der Waals surface area contributed by atoms with E-state index < -0.39 is 10.8 Å². The van der Waals surface area contributed by atoms with Gasteiger partial charge in [0.05, 0.1) is 11.1 Å². The summed E-state index contributed by atoms with van der Waals surface area (Å²) in [5.41, 5.74) is 0.982. The third kappa shape index (κ3) is 4.22. The van der Waals surface area contributed by atoms with Crippen LogP contribution >= 0.6 is 0 Å². The van der Waals surface area contributed by atoms with Gasteiger partial charge < -0.3 is 19.6 Å². The molecule has 0 aliphatic carbocycles. The van der Waals surface area contributed by atoms with Gasteiger partial charge in [-0.05, 0) is 12.1 Å². The van der Waals surface area contributed by atoms with Crippen LogP contribution in [0.5, 0.6) is 11.5 Å².